The molecule has 5 atom stereocenters. The van der Waals surface area contributed by atoms with Crippen LogP contribution in [0.5, 0.6) is 17.2 Å². The van der Waals surface area contributed by atoms with Crippen LogP contribution in [0, 0.1) is 0 Å². The first-order valence-electron chi connectivity index (χ1n) is 9.74. The van der Waals surface area contributed by atoms with Gasteiger partial charge in [0.05, 0.1) is 19.3 Å². The van der Waals surface area contributed by atoms with E-state index in [2.05, 4.69) is 0 Å². The van der Waals surface area contributed by atoms with Crippen molar-refractivity contribution < 1.29 is 44.2 Å². The van der Waals surface area contributed by atoms with Gasteiger partial charge in [0, 0.05) is 12.1 Å². The second-order valence-electron chi connectivity index (χ2n) is 7.34. The molecule has 2 heterocycles. The lowest BCUT2D eigenvalue weighted by Gasteiger charge is -2.39. The Kier molecular flexibility index (Phi) is 6.04. The number of methoxy groups -OCH3 is 1. The molecule has 10 heteroatoms. The van der Waals surface area contributed by atoms with Crippen LogP contribution in [0.4, 0.5) is 0 Å². The lowest BCUT2D eigenvalue weighted by Crippen LogP contribution is -2.60. The Morgan fingerprint density at radius 3 is 2.38 bits per heavy atom. The number of phenols is 1. The Hall–Kier alpha value is -3.15. The van der Waals surface area contributed by atoms with Crippen LogP contribution in [0.1, 0.15) is 0 Å². The average molecular weight is 446 g/mol. The fourth-order valence-corrected chi connectivity index (χ4v) is 3.54. The Bertz CT molecular complexity index is 1150. The summed E-state index contributed by atoms with van der Waals surface area (Å²) in [5.74, 6) is 0.328. The van der Waals surface area contributed by atoms with Gasteiger partial charge in [0.1, 0.15) is 58.9 Å². The van der Waals surface area contributed by atoms with E-state index in [0.29, 0.717) is 11.3 Å². The van der Waals surface area contributed by atoms with Gasteiger partial charge < -0.3 is 44.2 Å². The summed E-state index contributed by atoms with van der Waals surface area (Å²) in [4.78, 5) is 12.9. The highest BCUT2D eigenvalue weighted by Crippen LogP contribution is 2.31. The van der Waals surface area contributed by atoms with Gasteiger partial charge in [-0.05, 0) is 17.7 Å². The van der Waals surface area contributed by atoms with E-state index in [1.807, 2.05) is 0 Å². The van der Waals surface area contributed by atoms with Crippen molar-refractivity contribution in [3.63, 3.8) is 0 Å². The molecule has 170 valence electrons. The Balaban J connectivity index is 1.59. The van der Waals surface area contributed by atoms with Crippen LogP contribution in [0.15, 0.2) is 51.9 Å². The van der Waals surface area contributed by atoms with Crippen LogP contribution in [0.2, 0.25) is 0 Å². The van der Waals surface area contributed by atoms with E-state index < -0.39 is 42.7 Å². The first-order valence-corrected chi connectivity index (χ1v) is 9.74. The van der Waals surface area contributed by atoms with Crippen LogP contribution in [0.25, 0.3) is 22.1 Å². The molecule has 0 unspecified atom stereocenters. The van der Waals surface area contributed by atoms with Gasteiger partial charge in [0.25, 0.3) is 0 Å². The fourth-order valence-electron chi connectivity index (χ4n) is 3.54. The molecular weight excluding hydrogens is 424 g/mol. The molecule has 1 aliphatic rings. The molecule has 0 bridgehead atoms. The minimum Gasteiger partial charge on any atom is -0.507 e. The van der Waals surface area contributed by atoms with Crippen molar-refractivity contribution in [3.8, 4) is 28.4 Å². The number of ether oxygens (including phenoxy) is 3. The van der Waals surface area contributed by atoms with Crippen molar-refractivity contribution in [1.82, 2.24) is 0 Å². The predicted molar refractivity (Wildman–Crippen MR) is 111 cm³/mol. The summed E-state index contributed by atoms with van der Waals surface area (Å²) >= 11 is 0. The van der Waals surface area contributed by atoms with E-state index in [-0.39, 0.29) is 28.0 Å². The number of benzene rings is 2. The summed E-state index contributed by atoms with van der Waals surface area (Å²) in [6.45, 7) is -0.569. The van der Waals surface area contributed by atoms with Gasteiger partial charge in [-0.3, -0.25) is 4.79 Å². The van der Waals surface area contributed by atoms with Gasteiger partial charge in [0.2, 0.25) is 11.7 Å². The lowest BCUT2D eigenvalue weighted by molar-refractivity contribution is -0.277. The van der Waals surface area contributed by atoms with E-state index in [0.717, 1.165) is 0 Å². The molecule has 4 rings (SSSR count). The molecule has 10 nitrogen and oxygen atoms in total. The highest BCUT2D eigenvalue weighted by molar-refractivity contribution is 5.88. The van der Waals surface area contributed by atoms with Crippen molar-refractivity contribution in [2.24, 2.45) is 0 Å². The van der Waals surface area contributed by atoms with E-state index in [4.69, 9.17) is 18.6 Å². The number of aliphatic hydroxyl groups is 4. The molecule has 2 aromatic carbocycles. The second kappa shape index (κ2) is 8.77. The van der Waals surface area contributed by atoms with Gasteiger partial charge in [-0.2, -0.15) is 0 Å². The van der Waals surface area contributed by atoms with Gasteiger partial charge in [-0.25, -0.2) is 0 Å². The van der Waals surface area contributed by atoms with Crippen LogP contribution in [0.3, 0.4) is 0 Å². The lowest BCUT2D eigenvalue weighted by atomic mass is 9.99. The zero-order valence-electron chi connectivity index (χ0n) is 16.9. The summed E-state index contributed by atoms with van der Waals surface area (Å²) < 4.78 is 21.4. The fraction of sp³-hybridized carbons (Fsp3) is 0.318. The number of rotatable bonds is 5. The van der Waals surface area contributed by atoms with Crippen molar-refractivity contribution in [1.29, 1.82) is 0 Å². The molecule has 1 fully saturated rings. The molecule has 0 spiro atoms. The number of fused-ring (bicyclic) bond motifs is 1. The molecule has 0 aliphatic carbocycles. The maximum absolute atomic E-state index is 12.9. The molecule has 1 aliphatic heterocycles. The van der Waals surface area contributed by atoms with Crippen molar-refractivity contribution in [2.75, 3.05) is 13.7 Å². The summed E-state index contributed by atoms with van der Waals surface area (Å²) in [6, 6.07) is 8.97. The highest BCUT2D eigenvalue weighted by atomic mass is 16.7. The zero-order chi connectivity index (χ0) is 23.0. The molecule has 3 aromatic rings. The molecule has 1 saturated heterocycles. The van der Waals surface area contributed by atoms with Crippen LogP contribution >= 0.6 is 0 Å². The summed E-state index contributed by atoms with van der Waals surface area (Å²) in [7, 11) is 1.43. The molecular formula is C22H22O10. The van der Waals surface area contributed by atoms with Crippen molar-refractivity contribution in [2.45, 2.75) is 30.7 Å². The van der Waals surface area contributed by atoms with Crippen molar-refractivity contribution in [3.05, 3.63) is 52.9 Å². The van der Waals surface area contributed by atoms with Crippen molar-refractivity contribution >= 4 is 11.0 Å². The topological polar surface area (TPSA) is 159 Å². The number of aliphatic hydroxyl groups excluding tert-OH is 4. The van der Waals surface area contributed by atoms with E-state index >= 15 is 0 Å². The number of phenolic OH excluding ortho intramolecular Hbond substituents is 1. The Morgan fingerprint density at radius 2 is 1.72 bits per heavy atom. The first-order chi connectivity index (χ1) is 15.3. The Morgan fingerprint density at radius 1 is 1.00 bits per heavy atom. The Labute approximate surface area is 181 Å². The van der Waals surface area contributed by atoms with E-state index in [1.165, 1.54) is 37.6 Å². The monoisotopic (exact) mass is 446 g/mol. The normalized spacial score (nSPS) is 25.6. The summed E-state index contributed by atoms with van der Waals surface area (Å²) in [5, 5.41) is 49.3. The van der Waals surface area contributed by atoms with Gasteiger partial charge in [0.15, 0.2) is 0 Å². The predicted octanol–water partition coefficient (Wildman–Crippen LogP) is 0.353. The number of hydrogen-bond donors (Lipinski definition) is 5. The van der Waals surface area contributed by atoms with Crippen LogP contribution < -0.4 is 14.9 Å². The third kappa shape index (κ3) is 3.90. The molecule has 32 heavy (non-hydrogen) atoms. The van der Waals surface area contributed by atoms with Gasteiger partial charge >= 0.3 is 0 Å². The molecule has 1 aromatic heterocycles. The molecule has 0 radical (unpaired) electrons. The zero-order valence-corrected chi connectivity index (χ0v) is 16.9. The smallest absolute Gasteiger partial charge is 0.229 e. The SMILES string of the molecule is COc1cc(O)c2c(=O)c(-c3ccc(O[C@@H]4O[C@@H](CO)[C@@H](O)[C@H](O)[C@@H]4O)cc3)coc2c1. The quantitative estimate of drug-likeness (QED) is 0.370. The van der Waals surface area contributed by atoms with Gasteiger partial charge in [-0.1, -0.05) is 12.1 Å². The molecule has 0 amide bonds. The molecule has 5 N–H and O–H groups in total. The minimum atomic E-state index is -1.56. The summed E-state index contributed by atoms with van der Waals surface area (Å²) in [5.41, 5.74) is 0.432. The third-order valence-electron chi connectivity index (χ3n) is 5.33. The second-order valence-corrected chi connectivity index (χ2v) is 7.34. The largest absolute Gasteiger partial charge is 0.507 e. The minimum absolute atomic E-state index is 0.0185. The molecule has 0 saturated carbocycles. The number of aromatic hydroxyl groups is 1. The third-order valence-corrected chi connectivity index (χ3v) is 5.33. The van der Waals surface area contributed by atoms with E-state index in [1.54, 1.807) is 12.1 Å². The number of hydrogen-bond acceptors (Lipinski definition) is 10. The van der Waals surface area contributed by atoms with E-state index in [9.17, 15) is 30.3 Å². The van der Waals surface area contributed by atoms with Gasteiger partial charge in [-0.15, -0.1) is 0 Å². The highest BCUT2D eigenvalue weighted by Gasteiger charge is 2.44. The maximum Gasteiger partial charge on any atom is 0.229 e. The standard InChI is InChI=1S/C22H22O10/c1-29-12-6-14(24)17-15(7-12)30-9-13(18(17)25)10-2-4-11(5-3-10)31-22-21(28)20(27)19(26)16(8-23)32-22/h2-7,9,16,19-24,26-28H,8H2,1H3/t16-,19+,20-,21-,22+/m0/s1. The maximum atomic E-state index is 12.9. The first kappa shape index (κ1) is 22.1. The van der Waals surface area contributed by atoms with Crippen LogP contribution in [-0.2, 0) is 4.74 Å². The van der Waals surface area contributed by atoms with Crippen LogP contribution in [-0.4, -0.2) is 70.0 Å². The summed E-state index contributed by atoms with van der Waals surface area (Å²) in [6.07, 6.45) is -5.73. The average Bonchev–Trinajstić information content (AvgIpc) is 2.80.